The average Bonchev–Trinajstić information content (AvgIpc) is 2.66. The number of aromatic nitrogens is 2. The van der Waals surface area contributed by atoms with Crippen molar-refractivity contribution in [2.75, 3.05) is 6.54 Å². The zero-order chi connectivity index (χ0) is 14.0. The molecule has 0 aromatic carbocycles. The average molecular weight is 284 g/mol. The maximum Gasteiger partial charge on any atom is 0.0847 e. The lowest BCUT2D eigenvalue weighted by Crippen LogP contribution is -2.37. The summed E-state index contributed by atoms with van der Waals surface area (Å²) < 4.78 is 1.93. The minimum atomic E-state index is 0.232. The van der Waals surface area contributed by atoms with E-state index in [4.69, 9.17) is 17.3 Å². The van der Waals surface area contributed by atoms with Crippen LogP contribution in [0.3, 0.4) is 0 Å². The van der Waals surface area contributed by atoms with Gasteiger partial charge in [-0.3, -0.25) is 4.68 Å². The standard InChI is InChI=1S/C15H26ClN3/c1-4-12-5-7-15(10-17,8-6-12)9-13-14(16)11(2)18-19(13)3/h12H,4-10,17H2,1-3H3. The summed E-state index contributed by atoms with van der Waals surface area (Å²) >= 11 is 6.38. The van der Waals surface area contributed by atoms with Crippen LogP contribution in [0.1, 0.15) is 50.4 Å². The normalized spacial score (nSPS) is 27.7. The highest BCUT2D eigenvalue weighted by Crippen LogP contribution is 2.42. The number of hydrogen-bond acceptors (Lipinski definition) is 2. The molecule has 19 heavy (non-hydrogen) atoms. The molecule has 1 heterocycles. The molecule has 0 unspecified atom stereocenters. The lowest BCUT2D eigenvalue weighted by molar-refractivity contribution is 0.151. The van der Waals surface area contributed by atoms with Gasteiger partial charge in [-0.15, -0.1) is 0 Å². The summed E-state index contributed by atoms with van der Waals surface area (Å²) in [5, 5.41) is 5.24. The number of aryl methyl sites for hydroxylation is 2. The molecule has 3 nitrogen and oxygen atoms in total. The molecule has 4 heteroatoms. The van der Waals surface area contributed by atoms with Crippen LogP contribution < -0.4 is 5.73 Å². The van der Waals surface area contributed by atoms with Crippen LogP contribution in [0.2, 0.25) is 5.02 Å². The molecule has 0 atom stereocenters. The van der Waals surface area contributed by atoms with Crippen LogP contribution in [0, 0.1) is 18.3 Å². The monoisotopic (exact) mass is 283 g/mol. The van der Waals surface area contributed by atoms with E-state index < -0.39 is 0 Å². The van der Waals surface area contributed by atoms with E-state index in [-0.39, 0.29) is 5.41 Å². The third-order valence-electron chi connectivity index (χ3n) is 4.98. The number of hydrogen-bond donors (Lipinski definition) is 1. The second-order valence-corrected chi connectivity index (χ2v) is 6.58. The Kier molecular flexibility index (Phi) is 4.57. The molecule has 1 fully saturated rings. The van der Waals surface area contributed by atoms with Crippen molar-refractivity contribution in [1.29, 1.82) is 0 Å². The van der Waals surface area contributed by atoms with Gasteiger partial charge in [-0.25, -0.2) is 0 Å². The van der Waals surface area contributed by atoms with Crippen molar-refractivity contribution >= 4 is 11.6 Å². The Hall–Kier alpha value is -0.540. The fraction of sp³-hybridized carbons (Fsp3) is 0.800. The molecule has 0 bridgehead atoms. The lowest BCUT2D eigenvalue weighted by Gasteiger charge is -2.39. The summed E-state index contributed by atoms with van der Waals surface area (Å²) in [5.41, 5.74) is 8.42. The summed E-state index contributed by atoms with van der Waals surface area (Å²) in [7, 11) is 1.98. The molecule has 0 aliphatic heterocycles. The van der Waals surface area contributed by atoms with Crippen LogP contribution in [0.5, 0.6) is 0 Å². The molecule has 1 aliphatic rings. The maximum absolute atomic E-state index is 6.38. The first-order valence-corrected chi connectivity index (χ1v) is 7.77. The van der Waals surface area contributed by atoms with Gasteiger partial charge >= 0.3 is 0 Å². The first kappa shape index (κ1) is 14.9. The largest absolute Gasteiger partial charge is 0.330 e. The quantitative estimate of drug-likeness (QED) is 0.919. The molecule has 1 aromatic rings. The van der Waals surface area contributed by atoms with E-state index in [1.807, 2.05) is 18.7 Å². The van der Waals surface area contributed by atoms with Crippen molar-refractivity contribution in [2.45, 2.75) is 52.4 Å². The summed E-state index contributed by atoms with van der Waals surface area (Å²) in [6.45, 7) is 5.01. The van der Waals surface area contributed by atoms with Crippen LogP contribution in [0.4, 0.5) is 0 Å². The van der Waals surface area contributed by atoms with Gasteiger partial charge in [0.2, 0.25) is 0 Å². The van der Waals surface area contributed by atoms with Crippen molar-refractivity contribution in [3.8, 4) is 0 Å². The second kappa shape index (κ2) is 5.84. The van der Waals surface area contributed by atoms with Gasteiger partial charge in [-0.2, -0.15) is 5.10 Å². The molecular weight excluding hydrogens is 258 g/mol. The summed E-state index contributed by atoms with van der Waals surface area (Å²) in [5.74, 6) is 0.892. The van der Waals surface area contributed by atoms with Gasteiger partial charge in [0.25, 0.3) is 0 Å². The molecule has 0 amide bonds. The first-order chi connectivity index (χ1) is 9.01. The third-order valence-corrected chi connectivity index (χ3v) is 5.47. The van der Waals surface area contributed by atoms with Crippen LogP contribution in [-0.2, 0) is 13.5 Å². The minimum Gasteiger partial charge on any atom is -0.330 e. The lowest BCUT2D eigenvalue weighted by atomic mass is 9.67. The number of nitrogens with two attached hydrogens (primary N) is 1. The SMILES string of the molecule is CCC1CCC(CN)(Cc2c(Cl)c(C)nn2C)CC1. The maximum atomic E-state index is 6.38. The van der Waals surface area contributed by atoms with E-state index in [0.29, 0.717) is 0 Å². The Labute approximate surface area is 121 Å². The highest BCUT2D eigenvalue weighted by Gasteiger charge is 2.35. The predicted octanol–water partition coefficient (Wildman–Crippen LogP) is 3.47. The van der Waals surface area contributed by atoms with Crippen molar-refractivity contribution in [2.24, 2.45) is 24.1 Å². The van der Waals surface area contributed by atoms with Gasteiger partial charge in [-0.1, -0.05) is 24.9 Å². The molecule has 108 valence electrons. The molecule has 1 aromatic heterocycles. The van der Waals surface area contributed by atoms with Crippen molar-refractivity contribution in [1.82, 2.24) is 9.78 Å². The van der Waals surface area contributed by atoms with E-state index in [2.05, 4.69) is 12.0 Å². The molecule has 0 radical (unpaired) electrons. The zero-order valence-electron chi connectivity index (χ0n) is 12.4. The Morgan fingerprint density at radius 3 is 2.47 bits per heavy atom. The topological polar surface area (TPSA) is 43.8 Å². The van der Waals surface area contributed by atoms with Crippen molar-refractivity contribution < 1.29 is 0 Å². The Morgan fingerprint density at radius 2 is 2.05 bits per heavy atom. The fourth-order valence-corrected chi connectivity index (χ4v) is 3.61. The Balaban J connectivity index is 2.15. The van der Waals surface area contributed by atoms with E-state index >= 15 is 0 Å². The fourth-order valence-electron chi connectivity index (χ4n) is 3.38. The van der Waals surface area contributed by atoms with Gasteiger partial charge in [0, 0.05) is 7.05 Å². The van der Waals surface area contributed by atoms with Crippen molar-refractivity contribution in [3.63, 3.8) is 0 Å². The summed E-state index contributed by atoms with van der Waals surface area (Å²) in [6.07, 6.45) is 7.33. The van der Waals surface area contributed by atoms with Gasteiger partial charge in [0.1, 0.15) is 0 Å². The number of halogens is 1. The summed E-state index contributed by atoms with van der Waals surface area (Å²) in [6, 6.07) is 0. The van der Waals surface area contributed by atoms with E-state index in [9.17, 15) is 0 Å². The first-order valence-electron chi connectivity index (χ1n) is 7.39. The molecule has 0 spiro atoms. The van der Waals surface area contributed by atoms with Gasteiger partial charge in [0.05, 0.1) is 16.4 Å². The second-order valence-electron chi connectivity index (χ2n) is 6.20. The van der Waals surface area contributed by atoms with Gasteiger partial charge in [0.15, 0.2) is 0 Å². The molecule has 2 rings (SSSR count). The molecular formula is C15H26ClN3. The van der Waals surface area contributed by atoms with Crippen molar-refractivity contribution in [3.05, 3.63) is 16.4 Å². The number of rotatable bonds is 4. The highest BCUT2D eigenvalue weighted by molar-refractivity contribution is 6.31. The summed E-state index contributed by atoms with van der Waals surface area (Å²) in [4.78, 5) is 0. The van der Waals surface area contributed by atoms with E-state index in [1.54, 1.807) is 0 Å². The highest BCUT2D eigenvalue weighted by atomic mass is 35.5. The number of nitrogens with zero attached hydrogens (tertiary/aromatic N) is 2. The van der Waals surface area contributed by atoms with Crippen LogP contribution in [-0.4, -0.2) is 16.3 Å². The molecule has 0 saturated heterocycles. The Bertz CT molecular complexity index is 431. The minimum absolute atomic E-state index is 0.232. The molecule has 1 aliphatic carbocycles. The smallest absolute Gasteiger partial charge is 0.0847 e. The van der Waals surface area contributed by atoms with Crippen LogP contribution >= 0.6 is 11.6 Å². The van der Waals surface area contributed by atoms with Gasteiger partial charge < -0.3 is 5.73 Å². The predicted molar refractivity (Wildman–Crippen MR) is 80.4 cm³/mol. The van der Waals surface area contributed by atoms with Gasteiger partial charge in [-0.05, 0) is 56.9 Å². The Morgan fingerprint density at radius 1 is 1.42 bits per heavy atom. The third kappa shape index (κ3) is 2.97. The molecule has 2 N–H and O–H groups in total. The van der Waals surface area contributed by atoms with E-state index in [0.717, 1.165) is 35.3 Å². The molecule has 1 saturated carbocycles. The van der Waals surface area contributed by atoms with Crippen LogP contribution in [0.25, 0.3) is 0 Å². The zero-order valence-corrected chi connectivity index (χ0v) is 13.1. The van der Waals surface area contributed by atoms with E-state index in [1.165, 1.54) is 32.1 Å². The van der Waals surface area contributed by atoms with Crippen LogP contribution in [0.15, 0.2) is 0 Å².